The fraction of sp³-hybridized carbons (Fsp3) is 0.385. The van der Waals surface area contributed by atoms with E-state index in [9.17, 15) is 17.6 Å². The maximum Gasteiger partial charge on any atom is 0.303 e. The highest BCUT2D eigenvalue weighted by Crippen LogP contribution is 2.14. The topological polar surface area (TPSA) is 98.5 Å². The van der Waals surface area contributed by atoms with Crippen molar-refractivity contribution in [2.24, 2.45) is 0 Å². The number of hydrogen-bond acceptors (Lipinski definition) is 4. The molecule has 0 saturated carbocycles. The second-order valence-corrected chi connectivity index (χ2v) is 6.68. The van der Waals surface area contributed by atoms with Crippen LogP contribution in [-0.4, -0.2) is 36.6 Å². The van der Waals surface area contributed by atoms with Crippen LogP contribution in [0.1, 0.15) is 24.0 Å². The number of carboxylic acids is 1. The molecule has 0 amide bonds. The number of carbonyl (C=O) groups is 1. The zero-order valence-electron chi connectivity index (χ0n) is 11.4. The number of aliphatic carboxylic acids is 1. The minimum atomic E-state index is -3.67. The molecule has 0 aromatic heterocycles. The van der Waals surface area contributed by atoms with Gasteiger partial charge < -0.3 is 5.11 Å². The highest BCUT2D eigenvalue weighted by atomic mass is 32.2. The van der Waals surface area contributed by atoms with Crippen LogP contribution in [0.3, 0.4) is 0 Å². The van der Waals surface area contributed by atoms with E-state index < -0.39 is 21.8 Å². The van der Waals surface area contributed by atoms with Gasteiger partial charge in [-0.05, 0) is 24.6 Å². The van der Waals surface area contributed by atoms with Gasteiger partial charge in [-0.25, -0.2) is 17.1 Å². The van der Waals surface area contributed by atoms with E-state index in [1.54, 1.807) is 0 Å². The molecule has 114 valence electrons. The van der Waals surface area contributed by atoms with E-state index in [1.807, 2.05) is 6.07 Å². The Bertz CT molecular complexity index is 667. The molecule has 8 heteroatoms. The first-order chi connectivity index (χ1) is 9.76. The van der Waals surface area contributed by atoms with Crippen molar-refractivity contribution in [1.82, 2.24) is 4.31 Å². The van der Waals surface area contributed by atoms with Crippen molar-refractivity contribution < 1.29 is 22.7 Å². The molecule has 0 radical (unpaired) electrons. The van der Waals surface area contributed by atoms with Crippen LogP contribution in [0.25, 0.3) is 0 Å². The third-order valence-electron chi connectivity index (χ3n) is 2.84. The molecule has 0 heterocycles. The van der Waals surface area contributed by atoms with Gasteiger partial charge in [0.25, 0.3) is 0 Å². The molecular formula is C13H15FN2O4S. The fourth-order valence-electron chi connectivity index (χ4n) is 1.67. The summed E-state index contributed by atoms with van der Waals surface area (Å²) in [6.45, 7) is -0.212. The molecule has 1 aromatic rings. The predicted molar refractivity (Wildman–Crippen MR) is 73.2 cm³/mol. The van der Waals surface area contributed by atoms with Crippen molar-refractivity contribution in [1.29, 1.82) is 5.26 Å². The summed E-state index contributed by atoms with van der Waals surface area (Å²) in [6.07, 6.45) is -0.256. The summed E-state index contributed by atoms with van der Waals surface area (Å²) in [4.78, 5) is 10.4. The molecule has 6 nitrogen and oxygen atoms in total. The summed E-state index contributed by atoms with van der Waals surface area (Å²) >= 11 is 0. The highest BCUT2D eigenvalue weighted by molar-refractivity contribution is 7.89. The average Bonchev–Trinajstić information content (AvgIpc) is 2.40. The van der Waals surface area contributed by atoms with E-state index >= 15 is 0 Å². The Balaban J connectivity index is 2.78. The Morgan fingerprint density at radius 3 is 2.71 bits per heavy atom. The molecule has 0 atom stereocenters. The summed E-state index contributed by atoms with van der Waals surface area (Å²) in [5.41, 5.74) is 0.335. The van der Waals surface area contributed by atoms with E-state index in [2.05, 4.69) is 0 Å². The first-order valence-electron chi connectivity index (χ1n) is 6.10. The van der Waals surface area contributed by atoms with Gasteiger partial charge in [0.05, 0.1) is 17.4 Å². The molecule has 1 aromatic carbocycles. The quantitative estimate of drug-likeness (QED) is 0.818. The molecule has 1 N–H and O–H groups in total. The second kappa shape index (κ2) is 7.15. The average molecular weight is 314 g/mol. The Morgan fingerprint density at radius 2 is 2.14 bits per heavy atom. The third-order valence-corrected chi connectivity index (χ3v) is 4.72. The van der Waals surface area contributed by atoms with E-state index in [-0.39, 0.29) is 36.3 Å². The SMILES string of the molecule is CN(Cc1cc(C#N)ccc1F)S(=O)(=O)CCCC(=O)O. The number of rotatable bonds is 7. The molecule has 21 heavy (non-hydrogen) atoms. The van der Waals surface area contributed by atoms with Crippen molar-refractivity contribution in [3.05, 3.63) is 35.1 Å². The molecule has 0 bridgehead atoms. The van der Waals surface area contributed by atoms with Gasteiger partial charge in [-0.15, -0.1) is 0 Å². The van der Waals surface area contributed by atoms with Crippen molar-refractivity contribution in [2.75, 3.05) is 12.8 Å². The van der Waals surface area contributed by atoms with Crippen LogP contribution in [0.4, 0.5) is 4.39 Å². The Labute approximate surface area is 122 Å². The van der Waals surface area contributed by atoms with Crippen molar-refractivity contribution >= 4 is 16.0 Å². The van der Waals surface area contributed by atoms with Gasteiger partial charge in [-0.3, -0.25) is 4.79 Å². The molecule has 0 unspecified atom stereocenters. The summed E-state index contributed by atoms with van der Waals surface area (Å²) in [7, 11) is -2.38. The Morgan fingerprint density at radius 1 is 1.48 bits per heavy atom. The van der Waals surface area contributed by atoms with E-state index in [1.165, 1.54) is 19.2 Å². The molecular weight excluding hydrogens is 299 g/mol. The third kappa shape index (κ3) is 5.13. The van der Waals surface area contributed by atoms with Gasteiger partial charge >= 0.3 is 5.97 Å². The van der Waals surface area contributed by atoms with Crippen molar-refractivity contribution in [3.8, 4) is 6.07 Å². The molecule has 0 fully saturated rings. The zero-order chi connectivity index (χ0) is 16.0. The molecule has 0 spiro atoms. The molecule has 0 saturated heterocycles. The maximum atomic E-state index is 13.6. The molecule has 0 aliphatic carbocycles. The van der Waals surface area contributed by atoms with E-state index in [4.69, 9.17) is 10.4 Å². The standard InChI is InChI=1S/C13H15FN2O4S/c1-16(21(19,20)6-2-3-13(17)18)9-11-7-10(8-15)4-5-12(11)14/h4-5,7H,2-3,6,9H2,1H3,(H,17,18). The lowest BCUT2D eigenvalue weighted by molar-refractivity contribution is -0.137. The summed E-state index contributed by atoms with van der Waals surface area (Å²) in [5, 5.41) is 17.2. The van der Waals surface area contributed by atoms with Crippen LogP contribution in [0.5, 0.6) is 0 Å². The van der Waals surface area contributed by atoms with E-state index in [0.717, 1.165) is 10.4 Å². The lowest BCUT2D eigenvalue weighted by atomic mass is 10.1. The maximum absolute atomic E-state index is 13.6. The smallest absolute Gasteiger partial charge is 0.303 e. The summed E-state index contributed by atoms with van der Waals surface area (Å²) in [5.74, 6) is -1.99. The largest absolute Gasteiger partial charge is 0.481 e. The van der Waals surface area contributed by atoms with Crippen molar-refractivity contribution in [2.45, 2.75) is 19.4 Å². The molecule has 0 aliphatic rings. The predicted octanol–water partition coefficient (Wildman–Crippen LogP) is 1.32. The minimum Gasteiger partial charge on any atom is -0.481 e. The Hall–Kier alpha value is -1.98. The number of benzene rings is 1. The first-order valence-corrected chi connectivity index (χ1v) is 7.71. The fourth-order valence-corrected chi connectivity index (χ4v) is 2.82. The number of sulfonamides is 1. The highest BCUT2D eigenvalue weighted by Gasteiger charge is 2.19. The molecule has 0 aliphatic heterocycles. The number of carboxylic acid groups (broad SMARTS) is 1. The first kappa shape index (κ1) is 17.1. The minimum absolute atomic E-state index is 0.0112. The van der Waals surface area contributed by atoms with Gasteiger partial charge in [0, 0.05) is 25.6 Å². The van der Waals surface area contributed by atoms with Gasteiger partial charge in [-0.2, -0.15) is 5.26 Å². The summed E-state index contributed by atoms with van der Waals surface area (Å²) in [6, 6.07) is 5.56. The number of nitrogens with zero attached hydrogens (tertiary/aromatic N) is 2. The van der Waals surface area contributed by atoms with Crippen LogP contribution >= 0.6 is 0 Å². The van der Waals surface area contributed by atoms with Crippen LogP contribution in [0.2, 0.25) is 0 Å². The number of halogens is 1. The van der Waals surface area contributed by atoms with Crippen LogP contribution < -0.4 is 0 Å². The summed E-state index contributed by atoms with van der Waals surface area (Å²) < 4.78 is 38.4. The van der Waals surface area contributed by atoms with Crippen LogP contribution in [0, 0.1) is 17.1 Å². The monoisotopic (exact) mass is 314 g/mol. The lowest BCUT2D eigenvalue weighted by Crippen LogP contribution is -2.29. The van der Waals surface area contributed by atoms with Gasteiger partial charge in [0.2, 0.25) is 10.0 Å². The van der Waals surface area contributed by atoms with Crippen LogP contribution in [0.15, 0.2) is 18.2 Å². The number of hydrogen-bond donors (Lipinski definition) is 1. The van der Waals surface area contributed by atoms with E-state index in [0.29, 0.717) is 0 Å². The van der Waals surface area contributed by atoms with Crippen LogP contribution in [-0.2, 0) is 21.4 Å². The lowest BCUT2D eigenvalue weighted by Gasteiger charge is -2.17. The van der Waals surface area contributed by atoms with Gasteiger partial charge in [0.15, 0.2) is 0 Å². The Kier molecular flexibility index (Phi) is 5.81. The van der Waals surface area contributed by atoms with Gasteiger partial charge in [0.1, 0.15) is 5.82 Å². The van der Waals surface area contributed by atoms with Gasteiger partial charge in [-0.1, -0.05) is 0 Å². The normalized spacial score (nSPS) is 11.3. The second-order valence-electron chi connectivity index (χ2n) is 4.49. The van der Waals surface area contributed by atoms with Crippen molar-refractivity contribution in [3.63, 3.8) is 0 Å². The number of nitriles is 1. The zero-order valence-corrected chi connectivity index (χ0v) is 12.2. The molecule has 1 rings (SSSR count).